The van der Waals surface area contributed by atoms with Gasteiger partial charge in [0.25, 0.3) is 0 Å². The smallest absolute Gasteiger partial charge is 0.306 e. The van der Waals surface area contributed by atoms with E-state index in [1.807, 2.05) is 42.5 Å². The maximum absolute atomic E-state index is 12.7. The normalized spacial score (nSPS) is 16.5. The zero-order valence-electron chi connectivity index (χ0n) is 12.2. The van der Waals surface area contributed by atoms with Crippen LogP contribution in [0.4, 0.5) is 5.69 Å². The fourth-order valence-electron chi connectivity index (χ4n) is 2.82. The highest BCUT2D eigenvalue weighted by atomic mass is 16.5. The highest BCUT2D eigenvalue weighted by molar-refractivity contribution is 6.05. The Kier molecular flexibility index (Phi) is 3.65. The SMILES string of the molecule is COC(=O)CC1C(=O)N(N)c2ccccc2-c2ccccc21. The molecule has 2 N–H and O–H groups in total. The van der Waals surface area contributed by atoms with E-state index in [4.69, 9.17) is 10.6 Å². The number of methoxy groups -OCH3 is 1. The Labute approximate surface area is 128 Å². The number of nitrogens with two attached hydrogens (primary N) is 1. The highest BCUT2D eigenvalue weighted by Crippen LogP contribution is 2.40. The predicted molar refractivity (Wildman–Crippen MR) is 82.9 cm³/mol. The summed E-state index contributed by atoms with van der Waals surface area (Å²) in [5.74, 6) is 4.60. The zero-order chi connectivity index (χ0) is 15.7. The molecule has 0 radical (unpaired) electrons. The van der Waals surface area contributed by atoms with Crippen LogP contribution in [0, 0.1) is 0 Å². The van der Waals surface area contributed by atoms with Crippen molar-refractivity contribution in [2.75, 3.05) is 12.1 Å². The standard InChI is InChI=1S/C17H16N2O3/c1-22-16(20)10-14-12-7-3-2-6-11(12)13-8-4-5-9-15(13)19(18)17(14)21/h2-9,14H,10,18H2,1H3. The van der Waals surface area contributed by atoms with Crippen molar-refractivity contribution >= 4 is 17.6 Å². The molecule has 1 heterocycles. The van der Waals surface area contributed by atoms with Crippen LogP contribution >= 0.6 is 0 Å². The van der Waals surface area contributed by atoms with Crippen molar-refractivity contribution in [2.24, 2.45) is 5.84 Å². The van der Waals surface area contributed by atoms with Crippen LogP contribution < -0.4 is 10.9 Å². The van der Waals surface area contributed by atoms with Gasteiger partial charge in [-0.3, -0.25) is 9.59 Å². The molecule has 0 saturated carbocycles. The number of hydrogen-bond acceptors (Lipinski definition) is 4. The maximum Gasteiger partial charge on any atom is 0.306 e. The van der Waals surface area contributed by atoms with Crippen molar-refractivity contribution in [2.45, 2.75) is 12.3 Å². The molecule has 5 heteroatoms. The monoisotopic (exact) mass is 296 g/mol. The number of esters is 1. The van der Waals surface area contributed by atoms with E-state index in [9.17, 15) is 9.59 Å². The summed E-state index contributed by atoms with van der Waals surface area (Å²) in [5.41, 5.74) is 3.21. The Morgan fingerprint density at radius 1 is 1.14 bits per heavy atom. The molecule has 0 aliphatic carbocycles. The Balaban J connectivity index is 2.21. The number of rotatable bonds is 2. The van der Waals surface area contributed by atoms with Gasteiger partial charge >= 0.3 is 5.97 Å². The number of fused-ring (bicyclic) bond motifs is 3. The molecule has 0 spiro atoms. The van der Waals surface area contributed by atoms with Gasteiger partial charge in [-0.15, -0.1) is 0 Å². The van der Waals surface area contributed by atoms with E-state index < -0.39 is 11.9 Å². The van der Waals surface area contributed by atoms with Crippen molar-refractivity contribution in [1.29, 1.82) is 0 Å². The van der Waals surface area contributed by atoms with Gasteiger partial charge in [0.15, 0.2) is 0 Å². The van der Waals surface area contributed by atoms with Crippen LogP contribution in [0.3, 0.4) is 0 Å². The second kappa shape index (κ2) is 5.61. The van der Waals surface area contributed by atoms with Gasteiger partial charge < -0.3 is 4.74 Å². The lowest BCUT2D eigenvalue weighted by atomic mass is 9.89. The van der Waals surface area contributed by atoms with Gasteiger partial charge in [-0.1, -0.05) is 42.5 Å². The van der Waals surface area contributed by atoms with Gasteiger partial charge in [0, 0.05) is 5.56 Å². The quantitative estimate of drug-likeness (QED) is 0.524. The predicted octanol–water partition coefficient (Wildman–Crippen LogP) is 2.22. The summed E-state index contributed by atoms with van der Waals surface area (Å²) in [7, 11) is 1.31. The minimum Gasteiger partial charge on any atom is -0.469 e. The summed E-state index contributed by atoms with van der Waals surface area (Å²) in [6.45, 7) is 0. The van der Waals surface area contributed by atoms with Crippen molar-refractivity contribution in [3.05, 3.63) is 54.1 Å². The topological polar surface area (TPSA) is 72.6 Å². The highest BCUT2D eigenvalue weighted by Gasteiger charge is 2.34. The first kappa shape index (κ1) is 14.3. The summed E-state index contributed by atoms with van der Waals surface area (Å²) < 4.78 is 4.72. The average Bonchev–Trinajstić information content (AvgIpc) is 2.65. The van der Waals surface area contributed by atoms with E-state index in [1.54, 1.807) is 6.07 Å². The second-order valence-electron chi connectivity index (χ2n) is 5.15. The number of para-hydroxylation sites is 1. The number of ether oxygens (including phenoxy) is 1. The zero-order valence-corrected chi connectivity index (χ0v) is 12.2. The summed E-state index contributed by atoms with van der Waals surface area (Å²) in [5, 5.41) is 1.13. The summed E-state index contributed by atoms with van der Waals surface area (Å²) in [6, 6.07) is 15.0. The number of amides is 1. The maximum atomic E-state index is 12.7. The van der Waals surface area contributed by atoms with Crippen LogP contribution in [-0.4, -0.2) is 19.0 Å². The van der Waals surface area contributed by atoms with E-state index in [1.165, 1.54) is 7.11 Å². The van der Waals surface area contributed by atoms with Gasteiger partial charge in [-0.05, 0) is 17.2 Å². The van der Waals surface area contributed by atoms with Crippen molar-refractivity contribution in [1.82, 2.24) is 0 Å². The first-order chi connectivity index (χ1) is 10.6. The Bertz CT molecular complexity index is 742. The number of anilines is 1. The summed E-state index contributed by atoms with van der Waals surface area (Å²) in [4.78, 5) is 24.4. The van der Waals surface area contributed by atoms with Crippen molar-refractivity contribution in [3.63, 3.8) is 0 Å². The number of hydrazine groups is 1. The average molecular weight is 296 g/mol. The van der Waals surface area contributed by atoms with Gasteiger partial charge in [0.1, 0.15) is 0 Å². The molecule has 1 amide bonds. The molecule has 5 nitrogen and oxygen atoms in total. The summed E-state index contributed by atoms with van der Waals surface area (Å²) >= 11 is 0. The first-order valence-electron chi connectivity index (χ1n) is 6.97. The molecule has 22 heavy (non-hydrogen) atoms. The van der Waals surface area contributed by atoms with Crippen molar-refractivity contribution < 1.29 is 14.3 Å². The van der Waals surface area contributed by atoms with E-state index >= 15 is 0 Å². The number of carbonyl (C=O) groups excluding carboxylic acids is 2. The van der Waals surface area contributed by atoms with Crippen molar-refractivity contribution in [3.8, 4) is 11.1 Å². The third kappa shape index (κ3) is 2.25. The van der Waals surface area contributed by atoms with Crippen LogP contribution in [0.1, 0.15) is 17.9 Å². The lowest BCUT2D eigenvalue weighted by Crippen LogP contribution is -2.40. The van der Waals surface area contributed by atoms with Gasteiger partial charge in [0.2, 0.25) is 5.91 Å². The van der Waals surface area contributed by atoms with Crippen LogP contribution in [-0.2, 0) is 14.3 Å². The molecule has 3 rings (SSSR count). The number of benzene rings is 2. The van der Waals surface area contributed by atoms with Gasteiger partial charge in [-0.25, -0.2) is 10.9 Å². The lowest BCUT2D eigenvalue weighted by Gasteiger charge is -2.20. The molecule has 1 atom stereocenters. The Morgan fingerprint density at radius 3 is 2.50 bits per heavy atom. The number of hydrogen-bond donors (Lipinski definition) is 1. The molecule has 2 aromatic rings. The van der Waals surface area contributed by atoms with Gasteiger partial charge in [-0.2, -0.15) is 0 Å². The third-order valence-electron chi connectivity index (χ3n) is 3.92. The molecule has 112 valence electrons. The second-order valence-corrected chi connectivity index (χ2v) is 5.15. The van der Waals surface area contributed by atoms with Gasteiger partial charge in [0.05, 0.1) is 25.1 Å². The third-order valence-corrected chi connectivity index (χ3v) is 3.92. The number of carbonyl (C=O) groups is 2. The van der Waals surface area contributed by atoms with Crippen LogP contribution in [0.2, 0.25) is 0 Å². The Hall–Kier alpha value is -2.66. The first-order valence-corrected chi connectivity index (χ1v) is 6.97. The molecule has 0 aromatic heterocycles. The fraction of sp³-hybridized carbons (Fsp3) is 0.176. The van der Waals surface area contributed by atoms with Crippen LogP contribution in [0.15, 0.2) is 48.5 Å². The van der Waals surface area contributed by atoms with E-state index in [0.29, 0.717) is 5.69 Å². The molecule has 1 aliphatic heterocycles. The largest absolute Gasteiger partial charge is 0.469 e. The Morgan fingerprint density at radius 2 is 1.77 bits per heavy atom. The summed E-state index contributed by atoms with van der Waals surface area (Å²) in [6.07, 6.45) is -0.0337. The lowest BCUT2D eigenvalue weighted by molar-refractivity contribution is -0.142. The molecule has 0 bridgehead atoms. The minimum absolute atomic E-state index is 0.0337. The molecular weight excluding hydrogens is 280 g/mol. The van der Waals surface area contributed by atoms with Crippen LogP contribution in [0.5, 0.6) is 0 Å². The molecular formula is C17H16N2O3. The van der Waals surface area contributed by atoms with Crippen LogP contribution in [0.25, 0.3) is 11.1 Å². The molecule has 1 unspecified atom stereocenters. The molecule has 0 saturated heterocycles. The van der Waals surface area contributed by atoms with E-state index in [0.717, 1.165) is 21.7 Å². The number of nitrogens with zero attached hydrogens (tertiary/aromatic N) is 1. The van der Waals surface area contributed by atoms with E-state index in [2.05, 4.69) is 0 Å². The molecule has 2 aromatic carbocycles. The molecule has 0 fully saturated rings. The fourth-order valence-corrected chi connectivity index (χ4v) is 2.82. The minimum atomic E-state index is -0.652. The van der Waals surface area contributed by atoms with E-state index in [-0.39, 0.29) is 12.3 Å². The molecule has 1 aliphatic rings.